The molecule has 4 nitrogen and oxygen atoms in total. The van der Waals surface area contributed by atoms with Crippen molar-refractivity contribution in [1.29, 1.82) is 0 Å². The molecule has 1 aliphatic rings. The van der Waals surface area contributed by atoms with Gasteiger partial charge in [-0.3, -0.25) is 4.79 Å². The van der Waals surface area contributed by atoms with Crippen LogP contribution >= 0.6 is 0 Å². The van der Waals surface area contributed by atoms with Gasteiger partial charge in [0.25, 0.3) is 5.91 Å². The Morgan fingerprint density at radius 2 is 2.22 bits per heavy atom. The summed E-state index contributed by atoms with van der Waals surface area (Å²) < 4.78 is 0. The highest BCUT2D eigenvalue weighted by atomic mass is 16.2. The SMILES string of the molecule is CCN(C(=O)c1cccc(NC(C)C)n1)C1CC1. The van der Waals surface area contributed by atoms with Crippen LogP contribution in [-0.2, 0) is 0 Å². The molecule has 1 amide bonds. The van der Waals surface area contributed by atoms with Crippen LogP contribution in [0, 0.1) is 0 Å². The predicted molar refractivity (Wildman–Crippen MR) is 72.7 cm³/mol. The number of anilines is 1. The van der Waals surface area contributed by atoms with Crippen molar-refractivity contribution in [3.05, 3.63) is 23.9 Å². The van der Waals surface area contributed by atoms with E-state index in [2.05, 4.69) is 24.1 Å². The Labute approximate surface area is 108 Å². The number of carbonyl (C=O) groups excluding carboxylic acids is 1. The standard InChI is InChI=1S/C14H21N3O/c1-4-17(11-8-9-11)14(18)12-6-5-7-13(16-12)15-10(2)3/h5-7,10-11H,4,8-9H2,1-3H3,(H,15,16). The molecule has 1 fully saturated rings. The van der Waals surface area contributed by atoms with E-state index < -0.39 is 0 Å². The Balaban J connectivity index is 2.13. The highest BCUT2D eigenvalue weighted by Crippen LogP contribution is 2.27. The van der Waals surface area contributed by atoms with Crippen LogP contribution in [0.4, 0.5) is 5.82 Å². The fourth-order valence-electron chi connectivity index (χ4n) is 2.03. The van der Waals surface area contributed by atoms with Crippen molar-refractivity contribution >= 4 is 11.7 Å². The Bertz CT molecular complexity index is 427. The molecule has 1 aromatic rings. The van der Waals surface area contributed by atoms with Crippen LogP contribution in [0.5, 0.6) is 0 Å². The molecule has 1 aliphatic carbocycles. The number of rotatable bonds is 5. The number of aromatic nitrogens is 1. The zero-order valence-corrected chi connectivity index (χ0v) is 11.3. The van der Waals surface area contributed by atoms with Crippen molar-refractivity contribution in [1.82, 2.24) is 9.88 Å². The maximum atomic E-state index is 12.3. The van der Waals surface area contributed by atoms with Gasteiger partial charge in [-0.25, -0.2) is 4.98 Å². The second kappa shape index (κ2) is 5.38. The van der Waals surface area contributed by atoms with Crippen molar-refractivity contribution in [3.8, 4) is 0 Å². The van der Waals surface area contributed by atoms with Gasteiger partial charge in [0.1, 0.15) is 11.5 Å². The van der Waals surface area contributed by atoms with Crippen molar-refractivity contribution in [3.63, 3.8) is 0 Å². The first-order valence-corrected chi connectivity index (χ1v) is 6.66. The maximum Gasteiger partial charge on any atom is 0.272 e. The highest BCUT2D eigenvalue weighted by molar-refractivity contribution is 5.93. The van der Waals surface area contributed by atoms with Crippen LogP contribution in [0.15, 0.2) is 18.2 Å². The molecule has 18 heavy (non-hydrogen) atoms. The molecule has 0 radical (unpaired) electrons. The first-order chi connectivity index (χ1) is 8.61. The summed E-state index contributed by atoms with van der Waals surface area (Å²) in [5.74, 6) is 0.815. The van der Waals surface area contributed by atoms with Gasteiger partial charge in [-0.15, -0.1) is 0 Å². The number of nitrogens with zero attached hydrogens (tertiary/aromatic N) is 2. The van der Waals surface area contributed by atoms with Gasteiger partial charge in [-0.2, -0.15) is 0 Å². The van der Waals surface area contributed by atoms with Crippen molar-refractivity contribution in [2.24, 2.45) is 0 Å². The van der Waals surface area contributed by atoms with Gasteiger partial charge in [0, 0.05) is 18.6 Å². The summed E-state index contributed by atoms with van der Waals surface area (Å²) in [4.78, 5) is 18.6. The summed E-state index contributed by atoms with van der Waals surface area (Å²) in [7, 11) is 0. The monoisotopic (exact) mass is 247 g/mol. The Morgan fingerprint density at radius 3 is 2.78 bits per heavy atom. The molecule has 1 saturated carbocycles. The number of hydrogen-bond acceptors (Lipinski definition) is 3. The van der Waals surface area contributed by atoms with E-state index in [1.165, 1.54) is 0 Å². The normalized spacial score (nSPS) is 14.7. The van der Waals surface area contributed by atoms with E-state index in [1.54, 1.807) is 6.07 Å². The lowest BCUT2D eigenvalue weighted by Gasteiger charge is -2.20. The van der Waals surface area contributed by atoms with Gasteiger partial charge in [0.15, 0.2) is 0 Å². The van der Waals surface area contributed by atoms with Crippen LogP contribution in [0.25, 0.3) is 0 Å². The van der Waals surface area contributed by atoms with Gasteiger partial charge in [-0.05, 0) is 45.7 Å². The molecule has 0 saturated heterocycles. The van der Waals surface area contributed by atoms with E-state index in [-0.39, 0.29) is 5.91 Å². The lowest BCUT2D eigenvalue weighted by atomic mass is 10.3. The average Bonchev–Trinajstić information content (AvgIpc) is 3.14. The summed E-state index contributed by atoms with van der Waals surface area (Å²) >= 11 is 0. The van der Waals surface area contributed by atoms with E-state index in [1.807, 2.05) is 24.0 Å². The first-order valence-electron chi connectivity index (χ1n) is 6.66. The third-order valence-corrected chi connectivity index (χ3v) is 2.99. The van der Waals surface area contributed by atoms with E-state index in [9.17, 15) is 4.79 Å². The smallest absolute Gasteiger partial charge is 0.272 e. The van der Waals surface area contributed by atoms with Crippen LogP contribution in [0.2, 0.25) is 0 Å². The van der Waals surface area contributed by atoms with Gasteiger partial charge in [0.05, 0.1) is 0 Å². The topological polar surface area (TPSA) is 45.2 Å². The maximum absolute atomic E-state index is 12.3. The Hall–Kier alpha value is -1.58. The largest absolute Gasteiger partial charge is 0.368 e. The first kappa shape index (κ1) is 12.9. The lowest BCUT2D eigenvalue weighted by molar-refractivity contribution is 0.0747. The third kappa shape index (κ3) is 3.00. The number of hydrogen-bond donors (Lipinski definition) is 1. The fourth-order valence-corrected chi connectivity index (χ4v) is 2.03. The van der Waals surface area contributed by atoms with Crippen LogP contribution in [0.1, 0.15) is 44.1 Å². The fraction of sp³-hybridized carbons (Fsp3) is 0.571. The summed E-state index contributed by atoms with van der Waals surface area (Å²) in [6, 6.07) is 6.31. The van der Waals surface area contributed by atoms with Crippen molar-refractivity contribution in [2.45, 2.75) is 45.7 Å². The molecule has 0 aromatic carbocycles. The molecule has 0 aliphatic heterocycles. The summed E-state index contributed by atoms with van der Waals surface area (Å²) in [5.41, 5.74) is 0.536. The average molecular weight is 247 g/mol. The van der Waals surface area contributed by atoms with Crippen LogP contribution in [0.3, 0.4) is 0 Å². The predicted octanol–water partition coefficient (Wildman–Crippen LogP) is 2.53. The second-order valence-corrected chi connectivity index (χ2v) is 5.03. The molecule has 98 valence electrons. The molecule has 0 unspecified atom stereocenters. The minimum Gasteiger partial charge on any atom is -0.368 e. The molecule has 2 rings (SSSR count). The Morgan fingerprint density at radius 1 is 1.50 bits per heavy atom. The quantitative estimate of drug-likeness (QED) is 0.869. The number of nitrogens with one attached hydrogen (secondary N) is 1. The third-order valence-electron chi connectivity index (χ3n) is 2.99. The van der Waals surface area contributed by atoms with E-state index in [0.29, 0.717) is 17.8 Å². The minimum absolute atomic E-state index is 0.0485. The molecular formula is C14H21N3O. The van der Waals surface area contributed by atoms with E-state index in [0.717, 1.165) is 25.2 Å². The molecule has 4 heteroatoms. The summed E-state index contributed by atoms with van der Waals surface area (Å²) in [6.45, 7) is 6.89. The number of carbonyl (C=O) groups is 1. The Kier molecular flexibility index (Phi) is 3.84. The highest BCUT2D eigenvalue weighted by Gasteiger charge is 2.32. The number of pyridine rings is 1. The zero-order valence-electron chi connectivity index (χ0n) is 11.3. The van der Waals surface area contributed by atoms with Crippen molar-refractivity contribution in [2.75, 3.05) is 11.9 Å². The summed E-state index contributed by atoms with van der Waals surface area (Å²) in [6.07, 6.45) is 2.26. The molecule has 0 atom stereocenters. The minimum atomic E-state index is 0.0485. The molecular weight excluding hydrogens is 226 g/mol. The van der Waals surface area contributed by atoms with Crippen LogP contribution in [-0.4, -0.2) is 34.4 Å². The number of amides is 1. The van der Waals surface area contributed by atoms with Gasteiger partial charge < -0.3 is 10.2 Å². The van der Waals surface area contributed by atoms with Gasteiger partial charge in [-0.1, -0.05) is 6.07 Å². The van der Waals surface area contributed by atoms with E-state index in [4.69, 9.17) is 0 Å². The van der Waals surface area contributed by atoms with E-state index >= 15 is 0 Å². The zero-order chi connectivity index (χ0) is 13.1. The lowest BCUT2D eigenvalue weighted by Crippen LogP contribution is -2.33. The van der Waals surface area contributed by atoms with Gasteiger partial charge in [0.2, 0.25) is 0 Å². The second-order valence-electron chi connectivity index (χ2n) is 5.03. The van der Waals surface area contributed by atoms with Gasteiger partial charge >= 0.3 is 0 Å². The van der Waals surface area contributed by atoms with Crippen LogP contribution < -0.4 is 5.32 Å². The molecule has 1 heterocycles. The molecule has 1 N–H and O–H groups in total. The summed E-state index contributed by atoms with van der Waals surface area (Å²) in [5, 5.41) is 3.22. The molecule has 0 spiro atoms. The van der Waals surface area contributed by atoms with Crippen molar-refractivity contribution < 1.29 is 4.79 Å². The molecule has 1 aromatic heterocycles. The molecule has 0 bridgehead atoms.